The lowest BCUT2D eigenvalue weighted by Gasteiger charge is -2.35. The second-order valence-electron chi connectivity index (χ2n) is 4.66. The number of halogens is 6. The van der Waals surface area contributed by atoms with Crippen LogP contribution in [0.2, 0.25) is 5.02 Å². The molecule has 0 aromatic heterocycles. The van der Waals surface area contributed by atoms with Crippen LogP contribution in [0.4, 0.5) is 13.2 Å². The largest absolute Gasteiger partial charge is 0.314 e. The zero-order chi connectivity index (χ0) is 14.0. The van der Waals surface area contributed by atoms with Crippen LogP contribution in [0.3, 0.4) is 0 Å². The SMILES string of the molecule is Cc1ccc(Cl)c([C@@H](C(F)F)N2CCNCC2)c1F.Cl.Cl. The number of piperazine rings is 1. The number of benzene rings is 1. The van der Waals surface area contributed by atoms with Crippen LogP contribution in [-0.2, 0) is 0 Å². The number of rotatable bonds is 3. The van der Waals surface area contributed by atoms with E-state index >= 15 is 0 Å². The summed E-state index contributed by atoms with van der Waals surface area (Å²) in [5.74, 6) is -0.628. The highest BCUT2D eigenvalue weighted by molar-refractivity contribution is 6.31. The maximum Gasteiger partial charge on any atom is 0.258 e. The Bertz CT molecular complexity index is 455. The van der Waals surface area contributed by atoms with E-state index in [9.17, 15) is 13.2 Å². The van der Waals surface area contributed by atoms with Crippen molar-refractivity contribution in [2.75, 3.05) is 26.2 Å². The van der Waals surface area contributed by atoms with Crippen LogP contribution in [0, 0.1) is 12.7 Å². The smallest absolute Gasteiger partial charge is 0.258 e. The van der Waals surface area contributed by atoms with Gasteiger partial charge in [0.15, 0.2) is 0 Å². The van der Waals surface area contributed by atoms with Crippen molar-refractivity contribution in [3.8, 4) is 0 Å². The molecule has 2 nitrogen and oxygen atoms in total. The van der Waals surface area contributed by atoms with Gasteiger partial charge in [-0.1, -0.05) is 17.7 Å². The molecule has 0 spiro atoms. The van der Waals surface area contributed by atoms with E-state index in [0.717, 1.165) is 0 Å². The van der Waals surface area contributed by atoms with Crippen molar-refractivity contribution in [2.24, 2.45) is 0 Å². The number of hydrogen-bond acceptors (Lipinski definition) is 2. The van der Waals surface area contributed by atoms with Gasteiger partial charge < -0.3 is 5.32 Å². The zero-order valence-electron chi connectivity index (χ0n) is 11.4. The van der Waals surface area contributed by atoms with Crippen LogP contribution in [0.1, 0.15) is 17.2 Å². The highest BCUT2D eigenvalue weighted by atomic mass is 35.5. The average molecular weight is 366 g/mol. The summed E-state index contributed by atoms with van der Waals surface area (Å²) in [7, 11) is 0. The first-order valence-corrected chi connectivity index (χ1v) is 6.57. The topological polar surface area (TPSA) is 15.3 Å². The fraction of sp³-hybridized carbons (Fsp3) is 0.538. The van der Waals surface area contributed by atoms with Crippen molar-refractivity contribution in [1.82, 2.24) is 10.2 Å². The first-order valence-electron chi connectivity index (χ1n) is 6.19. The highest BCUT2D eigenvalue weighted by Gasteiger charge is 2.34. The summed E-state index contributed by atoms with van der Waals surface area (Å²) in [5.41, 5.74) is 0.249. The van der Waals surface area contributed by atoms with E-state index in [4.69, 9.17) is 11.6 Å². The second-order valence-corrected chi connectivity index (χ2v) is 5.06. The zero-order valence-corrected chi connectivity index (χ0v) is 13.8. The van der Waals surface area contributed by atoms with Gasteiger partial charge in [-0.3, -0.25) is 4.90 Å². The van der Waals surface area contributed by atoms with Gasteiger partial charge in [0.25, 0.3) is 6.43 Å². The van der Waals surface area contributed by atoms with E-state index in [-0.39, 0.29) is 35.4 Å². The van der Waals surface area contributed by atoms with Gasteiger partial charge >= 0.3 is 0 Å². The van der Waals surface area contributed by atoms with Gasteiger partial charge in [-0.05, 0) is 18.6 Å². The van der Waals surface area contributed by atoms with Crippen LogP contribution in [-0.4, -0.2) is 37.5 Å². The number of alkyl halides is 2. The monoisotopic (exact) mass is 364 g/mol. The minimum Gasteiger partial charge on any atom is -0.314 e. The van der Waals surface area contributed by atoms with Crippen LogP contribution in [0.25, 0.3) is 0 Å². The van der Waals surface area contributed by atoms with Gasteiger partial charge in [-0.2, -0.15) is 0 Å². The number of aryl methyl sites for hydroxylation is 1. The predicted molar refractivity (Wildman–Crippen MR) is 83.8 cm³/mol. The highest BCUT2D eigenvalue weighted by Crippen LogP contribution is 2.35. The number of nitrogens with one attached hydrogen (secondary N) is 1. The molecule has 1 aliphatic rings. The van der Waals surface area contributed by atoms with Gasteiger partial charge in [-0.15, -0.1) is 24.8 Å². The van der Waals surface area contributed by atoms with Crippen molar-refractivity contribution >= 4 is 36.4 Å². The second kappa shape index (κ2) is 9.06. The van der Waals surface area contributed by atoms with E-state index in [1.807, 2.05) is 0 Å². The number of hydrogen-bond donors (Lipinski definition) is 1. The van der Waals surface area contributed by atoms with Crippen molar-refractivity contribution < 1.29 is 13.2 Å². The Morgan fingerprint density at radius 3 is 2.29 bits per heavy atom. The summed E-state index contributed by atoms with van der Waals surface area (Å²) in [5, 5.41) is 3.15. The Kier molecular flexibility index (Phi) is 8.97. The summed E-state index contributed by atoms with van der Waals surface area (Å²) in [6.45, 7) is 3.70. The molecule has 0 saturated carbocycles. The molecule has 1 atom stereocenters. The molecule has 122 valence electrons. The van der Waals surface area contributed by atoms with Crippen molar-refractivity contribution in [3.63, 3.8) is 0 Å². The molecule has 0 unspecified atom stereocenters. The molecule has 0 aliphatic carbocycles. The van der Waals surface area contributed by atoms with Crippen molar-refractivity contribution in [3.05, 3.63) is 34.1 Å². The molecule has 8 heteroatoms. The molecule has 1 aromatic rings. The minimum atomic E-state index is -2.67. The van der Waals surface area contributed by atoms with Gasteiger partial charge in [-0.25, -0.2) is 13.2 Å². The molecule has 2 rings (SSSR count). The maximum atomic E-state index is 14.2. The third-order valence-electron chi connectivity index (χ3n) is 3.40. The number of nitrogens with zero attached hydrogens (tertiary/aromatic N) is 1. The van der Waals surface area contributed by atoms with E-state index < -0.39 is 18.3 Å². The lowest BCUT2D eigenvalue weighted by molar-refractivity contribution is 0.0164. The Morgan fingerprint density at radius 2 is 1.76 bits per heavy atom. The molecule has 1 saturated heterocycles. The molecule has 0 bridgehead atoms. The van der Waals surface area contributed by atoms with Gasteiger partial charge in [0.2, 0.25) is 0 Å². The van der Waals surface area contributed by atoms with Gasteiger partial charge in [0.1, 0.15) is 11.9 Å². The molecule has 1 aliphatic heterocycles. The van der Waals surface area contributed by atoms with Gasteiger partial charge in [0.05, 0.1) is 0 Å². The normalized spacial score (nSPS) is 17.0. The molecule has 21 heavy (non-hydrogen) atoms. The first-order chi connectivity index (χ1) is 9.02. The van der Waals surface area contributed by atoms with Crippen LogP contribution in [0.5, 0.6) is 0 Å². The molecular formula is C13H18Cl3F3N2. The van der Waals surface area contributed by atoms with Gasteiger partial charge in [0, 0.05) is 36.8 Å². The fourth-order valence-corrected chi connectivity index (χ4v) is 2.64. The standard InChI is InChI=1S/C13H16ClF3N2.2ClH/c1-8-2-3-9(14)10(11(8)15)12(13(16)17)19-6-4-18-5-7-19;;/h2-3,12-13,18H,4-7H2,1H3;2*1H/t12-;;/m0../s1. The van der Waals surface area contributed by atoms with Crippen molar-refractivity contribution in [2.45, 2.75) is 19.4 Å². The quantitative estimate of drug-likeness (QED) is 0.875. The fourth-order valence-electron chi connectivity index (χ4n) is 2.38. The molecule has 1 fully saturated rings. The summed E-state index contributed by atoms with van der Waals surface area (Å²) in [6, 6.07) is 1.70. The summed E-state index contributed by atoms with van der Waals surface area (Å²) in [6.07, 6.45) is -2.67. The molecule has 1 heterocycles. The third kappa shape index (κ3) is 4.63. The van der Waals surface area contributed by atoms with Crippen LogP contribution >= 0.6 is 36.4 Å². The van der Waals surface area contributed by atoms with Crippen molar-refractivity contribution in [1.29, 1.82) is 0 Å². The molecule has 0 radical (unpaired) electrons. The Hall–Kier alpha value is -0.200. The van der Waals surface area contributed by atoms with E-state index in [1.54, 1.807) is 11.8 Å². The summed E-state index contributed by atoms with van der Waals surface area (Å²) >= 11 is 5.94. The Labute approximate surface area is 139 Å². The lowest BCUT2D eigenvalue weighted by Crippen LogP contribution is -2.47. The van der Waals surface area contributed by atoms with Crippen LogP contribution < -0.4 is 5.32 Å². The summed E-state index contributed by atoms with van der Waals surface area (Å²) < 4.78 is 40.9. The van der Waals surface area contributed by atoms with E-state index in [1.165, 1.54) is 12.1 Å². The first kappa shape index (κ1) is 20.8. The molecule has 1 aromatic carbocycles. The molecule has 0 amide bonds. The van der Waals surface area contributed by atoms with E-state index in [2.05, 4.69) is 5.32 Å². The molecule has 1 N–H and O–H groups in total. The van der Waals surface area contributed by atoms with Crippen LogP contribution in [0.15, 0.2) is 12.1 Å². The Balaban J connectivity index is 0.00000200. The summed E-state index contributed by atoms with van der Waals surface area (Å²) in [4.78, 5) is 1.59. The predicted octanol–water partition coefficient (Wildman–Crippen LogP) is 3.84. The Morgan fingerprint density at radius 1 is 1.19 bits per heavy atom. The average Bonchev–Trinajstić information content (AvgIpc) is 2.39. The lowest BCUT2D eigenvalue weighted by atomic mass is 10.0. The minimum absolute atomic E-state index is 0. The third-order valence-corrected chi connectivity index (χ3v) is 3.73. The maximum absolute atomic E-state index is 14.2. The van der Waals surface area contributed by atoms with E-state index in [0.29, 0.717) is 31.7 Å². The molecular weight excluding hydrogens is 348 g/mol.